The van der Waals surface area contributed by atoms with Crippen molar-refractivity contribution >= 4 is 17.5 Å². The molecule has 0 bridgehead atoms. The number of allylic oxidation sites excluding steroid dienone is 1. The van der Waals surface area contributed by atoms with Crippen LogP contribution in [0.1, 0.15) is 42.5 Å². The van der Waals surface area contributed by atoms with Gasteiger partial charge < -0.3 is 4.90 Å². The lowest BCUT2D eigenvalue weighted by atomic mass is 9.97. The highest BCUT2D eigenvalue weighted by Gasteiger charge is 2.23. The molecule has 2 aliphatic rings. The van der Waals surface area contributed by atoms with Crippen LogP contribution < -0.4 is 0 Å². The van der Waals surface area contributed by atoms with Crippen LogP contribution in [0.4, 0.5) is 0 Å². The molecule has 23 heavy (non-hydrogen) atoms. The maximum absolute atomic E-state index is 12.5. The number of rotatable bonds is 4. The number of carbonyl (C=O) groups excluding carboxylic acids is 1. The number of benzene rings is 1. The summed E-state index contributed by atoms with van der Waals surface area (Å²) in [4.78, 5) is 17.0. The van der Waals surface area contributed by atoms with Gasteiger partial charge in [-0.05, 0) is 44.2 Å². The predicted molar refractivity (Wildman–Crippen MR) is 95.0 cm³/mol. The molecule has 1 aliphatic heterocycles. The molecular weight excluding hydrogens is 308 g/mol. The normalized spacial score (nSPS) is 19.5. The first-order chi connectivity index (χ1) is 11.2. The fourth-order valence-corrected chi connectivity index (χ4v) is 3.63. The molecule has 0 unspecified atom stereocenters. The highest BCUT2D eigenvalue weighted by Crippen LogP contribution is 2.21. The quantitative estimate of drug-likeness (QED) is 0.778. The Balaban J connectivity index is 1.47. The van der Waals surface area contributed by atoms with Crippen molar-refractivity contribution in [3.8, 4) is 0 Å². The van der Waals surface area contributed by atoms with Crippen molar-refractivity contribution in [1.29, 1.82) is 0 Å². The zero-order valence-electron chi connectivity index (χ0n) is 13.6. The van der Waals surface area contributed by atoms with E-state index in [1.807, 2.05) is 23.1 Å². The van der Waals surface area contributed by atoms with Crippen LogP contribution in [0.15, 0.2) is 35.9 Å². The van der Waals surface area contributed by atoms with E-state index < -0.39 is 0 Å². The lowest BCUT2D eigenvalue weighted by Crippen LogP contribution is -2.48. The van der Waals surface area contributed by atoms with Gasteiger partial charge in [0.05, 0.1) is 10.6 Å². The molecule has 0 radical (unpaired) electrons. The first kappa shape index (κ1) is 16.5. The smallest absolute Gasteiger partial charge is 0.255 e. The Labute approximate surface area is 143 Å². The highest BCUT2D eigenvalue weighted by atomic mass is 35.5. The summed E-state index contributed by atoms with van der Waals surface area (Å²) in [5.41, 5.74) is 2.25. The lowest BCUT2D eigenvalue weighted by molar-refractivity contribution is 0.0638. The molecule has 1 aromatic carbocycles. The highest BCUT2D eigenvalue weighted by molar-refractivity contribution is 6.33. The second-order valence-corrected chi connectivity index (χ2v) is 6.88. The minimum atomic E-state index is 0.0604. The molecule has 0 N–H and O–H groups in total. The Morgan fingerprint density at radius 3 is 2.57 bits per heavy atom. The van der Waals surface area contributed by atoms with Crippen molar-refractivity contribution in [3.05, 3.63) is 46.5 Å². The minimum absolute atomic E-state index is 0.0604. The number of hydrogen-bond donors (Lipinski definition) is 0. The van der Waals surface area contributed by atoms with Gasteiger partial charge in [-0.1, -0.05) is 35.4 Å². The van der Waals surface area contributed by atoms with Crippen molar-refractivity contribution < 1.29 is 4.79 Å². The standard InChI is InChI=1S/C19H25ClN2O/c20-18-9-5-4-8-17(18)19(23)22-14-12-21(13-15-22)11-10-16-6-2-1-3-7-16/h4-6,8-9H,1-3,7,10-15H2. The lowest BCUT2D eigenvalue weighted by Gasteiger charge is -2.35. The average Bonchev–Trinajstić information content (AvgIpc) is 2.61. The van der Waals surface area contributed by atoms with Crippen molar-refractivity contribution in [2.45, 2.75) is 32.1 Å². The van der Waals surface area contributed by atoms with Gasteiger partial charge in [0.25, 0.3) is 5.91 Å². The van der Waals surface area contributed by atoms with E-state index in [2.05, 4.69) is 11.0 Å². The molecule has 4 heteroatoms. The molecule has 1 aliphatic carbocycles. The van der Waals surface area contributed by atoms with Crippen LogP contribution in [-0.4, -0.2) is 48.4 Å². The molecule has 1 aromatic rings. The molecule has 1 fully saturated rings. The van der Waals surface area contributed by atoms with E-state index in [-0.39, 0.29) is 5.91 Å². The predicted octanol–water partition coefficient (Wildman–Crippen LogP) is 3.99. The summed E-state index contributed by atoms with van der Waals surface area (Å²) in [6, 6.07) is 7.32. The molecule has 124 valence electrons. The first-order valence-electron chi connectivity index (χ1n) is 8.68. The zero-order valence-corrected chi connectivity index (χ0v) is 14.4. The molecular formula is C19H25ClN2O. The van der Waals surface area contributed by atoms with Crippen molar-refractivity contribution in [2.24, 2.45) is 0 Å². The molecule has 0 aromatic heterocycles. The third-order valence-electron chi connectivity index (χ3n) is 4.90. The molecule has 0 atom stereocenters. The molecule has 3 nitrogen and oxygen atoms in total. The monoisotopic (exact) mass is 332 g/mol. The van der Waals surface area contributed by atoms with Gasteiger partial charge in [-0.2, -0.15) is 0 Å². The largest absolute Gasteiger partial charge is 0.336 e. The number of carbonyl (C=O) groups is 1. The fourth-order valence-electron chi connectivity index (χ4n) is 3.41. The maximum Gasteiger partial charge on any atom is 0.255 e. The SMILES string of the molecule is O=C(c1ccccc1Cl)N1CCN(CCC2=CCCCC2)CC1. The first-order valence-corrected chi connectivity index (χ1v) is 9.06. The van der Waals surface area contributed by atoms with Crippen molar-refractivity contribution in [3.63, 3.8) is 0 Å². The minimum Gasteiger partial charge on any atom is -0.336 e. The topological polar surface area (TPSA) is 23.6 Å². The Hall–Kier alpha value is -1.32. The van der Waals surface area contributed by atoms with Gasteiger partial charge in [-0.3, -0.25) is 9.69 Å². The van der Waals surface area contributed by atoms with E-state index in [9.17, 15) is 4.79 Å². The van der Waals surface area contributed by atoms with Crippen LogP contribution in [0.3, 0.4) is 0 Å². The molecule has 0 spiro atoms. The molecule has 0 saturated carbocycles. The summed E-state index contributed by atoms with van der Waals surface area (Å²) in [6.07, 6.45) is 8.87. The van der Waals surface area contributed by atoms with Crippen LogP contribution in [0.25, 0.3) is 0 Å². The van der Waals surface area contributed by atoms with Crippen LogP contribution in [-0.2, 0) is 0 Å². The van der Waals surface area contributed by atoms with Crippen LogP contribution in [0.2, 0.25) is 5.02 Å². The summed E-state index contributed by atoms with van der Waals surface area (Å²) in [6.45, 7) is 4.64. The van der Waals surface area contributed by atoms with E-state index in [1.54, 1.807) is 11.6 Å². The van der Waals surface area contributed by atoms with Gasteiger partial charge in [-0.25, -0.2) is 0 Å². The maximum atomic E-state index is 12.5. The van der Waals surface area contributed by atoms with E-state index in [1.165, 1.54) is 32.1 Å². The fraction of sp³-hybridized carbons (Fsp3) is 0.526. The third kappa shape index (κ3) is 4.36. The Bertz CT molecular complexity index is 576. The van der Waals surface area contributed by atoms with Gasteiger partial charge in [0.2, 0.25) is 0 Å². The summed E-state index contributed by atoms with van der Waals surface area (Å²) < 4.78 is 0. The van der Waals surface area contributed by atoms with Gasteiger partial charge in [0.1, 0.15) is 0 Å². The molecule has 1 amide bonds. The van der Waals surface area contributed by atoms with E-state index in [4.69, 9.17) is 11.6 Å². The van der Waals surface area contributed by atoms with Gasteiger partial charge in [0, 0.05) is 32.7 Å². The second-order valence-electron chi connectivity index (χ2n) is 6.47. The summed E-state index contributed by atoms with van der Waals surface area (Å²) in [5.74, 6) is 0.0604. The Morgan fingerprint density at radius 2 is 1.87 bits per heavy atom. The number of amides is 1. The number of hydrogen-bond acceptors (Lipinski definition) is 2. The molecule has 1 heterocycles. The van der Waals surface area contributed by atoms with Gasteiger partial charge in [-0.15, -0.1) is 0 Å². The second kappa shape index (κ2) is 7.98. The van der Waals surface area contributed by atoms with Gasteiger partial charge in [0.15, 0.2) is 0 Å². The third-order valence-corrected chi connectivity index (χ3v) is 5.23. The van der Waals surface area contributed by atoms with Crippen molar-refractivity contribution in [2.75, 3.05) is 32.7 Å². The summed E-state index contributed by atoms with van der Waals surface area (Å²) in [5, 5.41) is 0.546. The Morgan fingerprint density at radius 1 is 1.09 bits per heavy atom. The summed E-state index contributed by atoms with van der Waals surface area (Å²) >= 11 is 6.14. The molecule has 3 rings (SSSR count). The zero-order chi connectivity index (χ0) is 16.1. The molecule has 1 saturated heterocycles. The van der Waals surface area contributed by atoms with E-state index >= 15 is 0 Å². The van der Waals surface area contributed by atoms with Crippen LogP contribution in [0.5, 0.6) is 0 Å². The van der Waals surface area contributed by atoms with Crippen LogP contribution in [0, 0.1) is 0 Å². The summed E-state index contributed by atoms with van der Waals surface area (Å²) in [7, 11) is 0. The van der Waals surface area contributed by atoms with Gasteiger partial charge >= 0.3 is 0 Å². The number of piperazine rings is 1. The number of halogens is 1. The van der Waals surface area contributed by atoms with Crippen molar-refractivity contribution in [1.82, 2.24) is 9.80 Å². The van der Waals surface area contributed by atoms with Crippen LogP contribution >= 0.6 is 11.6 Å². The van der Waals surface area contributed by atoms with E-state index in [0.29, 0.717) is 10.6 Å². The van der Waals surface area contributed by atoms with E-state index in [0.717, 1.165) is 32.7 Å². The Kier molecular flexibility index (Phi) is 5.74. The number of nitrogens with zero attached hydrogens (tertiary/aromatic N) is 2. The average molecular weight is 333 g/mol.